The van der Waals surface area contributed by atoms with Gasteiger partial charge in [-0.3, -0.25) is 9.78 Å². The Morgan fingerprint density at radius 1 is 1.33 bits per heavy atom. The van der Waals surface area contributed by atoms with Crippen LogP contribution in [0.1, 0.15) is 37.8 Å². The fourth-order valence-electron chi connectivity index (χ4n) is 2.79. The van der Waals surface area contributed by atoms with E-state index >= 15 is 0 Å². The number of rotatable bonds is 7. The van der Waals surface area contributed by atoms with Crippen molar-refractivity contribution in [2.45, 2.75) is 39.7 Å². The molecule has 0 aromatic carbocycles. The van der Waals surface area contributed by atoms with Gasteiger partial charge >= 0.3 is 12.0 Å². The summed E-state index contributed by atoms with van der Waals surface area (Å²) in [6.45, 7) is 5.64. The maximum absolute atomic E-state index is 11.2. The molecule has 0 unspecified atom stereocenters. The Morgan fingerprint density at radius 2 is 2.07 bits per heavy atom. The smallest absolute Gasteiger partial charge is 0.313 e. The summed E-state index contributed by atoms with van der Waals surface area (Å²) in [5.41, 5.74) is 8.15. The molecule has 0 atom stereocenters. The van der Waals surface area contributed by atoms with Crippen LogP contribution in [0.2, 0.25) is 0 Å². The Balaban J connectivity index is 1.69. The van der Waals surface area contributed by atoms with Crippen LogP contribution in [0.5, 0.6) is 5.88 Å². The SMILES string of the molecule is Cc1cc(OCC2(C(=O)O)CC2)ncc1-c1ccc(C(N)=NC(=N)OC(C)C)cn1. The third kappa shape index (κ3) is 4.91. The third-order valence-electron chi connectivity index (χ3n) is 4.79. The van der Waals surface area contributed by atoms with Crippen LogP contribution in [-0.2, 0) is 9.53 Å². The Bertz CT molecular complexity index is 981. The number of nitrogens with two attached hydrogens (primary N) is 1. The first-order valence-electron chi connectivity index (χ1n) is 9.59. The number of aromatic nitrogens is 2. The number of carboxylic acids is 1. The van der Waals surface area contributed by atoms with Crippen LogP contribution in [0, 0.1) is 17.7 Å². The number of hydrogen-bond acceptors (Lipinski definition) is 6. The molecule has 3 rings (SSSR count). The largest absolute Gasteiger partial charge is 0.481 e. The molecule has 0 spiro atoms. The van der Waals surface area contributed by atoms with Gasteiger partial charge in [0.05, 0.1) is 11.8 Å². The molecule has 158 valence electrons. The van der Waals surface area contributed by atoms with Crippen LogP contribution in [0.25, 0.3) is 11.3 Å². The maximum atomic E-state index is 11.2. The van der Waals surface area contributed by atoms with Crippen molar-refractivity contribution in [3.8, 4) is 17.1 Å². The fourth-order valence-corrected chi connectivity index (χ4v) is 2.79. The summed E-state index contributed by atoms with van der Waals surface area (Å²) < 4.78 is 10.8. The molecule has 0 radical (unpaired) electrons. The average molecular weight is 411 g/mol. The summed E-state index contributed by atoms with van der Waals surface area (Å²) in [5.74, 6) is -0.292. The van der Waals surface area contributed by atoms with Gasteiger partial charge in [0.1, 0.15) is 17.9 Å². The molecule has 1 aliphatic rings. The highest BCUT2D eigenvalue weighted by atomic mass is 16.5. The summed E-state index contributed by atoms with van der Waals surface area (Å²) >= 11 is 0. The van der Waals surface area contributed by atoms with Gasteiger partial charge in [0.15, 0.2) is 0 Å². The van der Waals surface area contributed by atoms with Crippen molar-refractivity contribution in [3.05, 3.63) is 41.7 Å². The van der Waals surface area contributed by atoms with Crippen molar-refractivity contribution in [1.29, 1.82) is 5.41 Å². The van der Waals surface area contributed by atoms with Gasteiger partial charge in [-0.1, -0.05) is 0 Å². The zero-order valence-corrected chi connectivity index (χ0v) is 17.2. The maximum Gasteiger partial charge on any atom is 0.313 e. The lowest BCUT2D eigenvalue weighted by Gasteiger charge is -2.12. The molecule has 9 nitrogen and oxygen atoms in total. The second-order valence-corrected chi connectivity index (χ2v) is 7.61. The van der Waals surface area contributed by atoms with Gasteiger partial charge in [-0.05, 0) is 51.3 Å². The number of pyridine rings is 2. The molecule has 30 heavy (non-hydrogen) atoms. The van der Waals surface area contributed by atoms with E-state index in [1.54, 1.807) is 44.4 Å². The number of carbonyl (C=O) groups is 1. The quantitative estimate of drug-likeness (QED) is 0.469. The lowest BCUT2D eigenvalue weighted by atomic mass is 10.1. The van der Waals surface area contributed by atoms with E-state index in [4.69, 9.17) is 20.6 Å². The van der Waals surface area contributed by atoms with E-state index in [-0.39, 0.29) is 24.6 Å². The number of nitrogens with one attached hydrogen (secondary N) is 1. The highest BCUT2D eigenvalue weighted by molar-refractivity contribution is 6.03. The molecule has 4 N–H and O–H groups in total. The summed E-state index contributed by atoms with van der Waals surface area (Å²) in [7, 11) is 0. The lowest BCUT2D eigenvalue weighted by Crippen LogP contribution is -2.23. The molecule has 0 amide bonds. The fraction of sp³-hybridized carbons (Fsp3) is 0.381. The Morgan fingerprint density at radius 3 is 2.60 bits per heavy atom. The number of aryl methyl sites for hydroxylation is 1. The van der Waals surface area contributed by atoms with Gasteiger partial charge in [0.25, 0.3) is 0 Å². The standard InChI is InChI=1S/C21H25N5O4/c1-12(2)30-20(23)26-18(22)14-4-5-16(24-9-14)15-10-25-17(8-13(15)3)29-11-21(6-7-21)19(27)28/h4-5,8-10,12H,6-7,11H2,1-3H3,(H,27,28)(H3,22,23,26). The van der Waals surface area contributed by atoms with E-state index in [0.717, 1.165) is 11.1 Å². The van der Waals surface area contributed by atoms with Crippen LogP contribution < -0.4 is 10.5 Å². The van der Waals surface area contributed by atoms with Gasteiger partial charge in [0, 0.05) is 29.6 Å². The van der Waals surface area contributed by atoms with Crippen molar-refractivity contribution < 1.29 is 19.4 Å². The predicted octanol–water partition coefficient (Wildman–Crippen LogP) is 2.76. The van der Waals surface area contributed by atoms with Gasteiger partial charge in [0.2, 0.25) is 5.88 Å². The molecule has 0 bridgehead atoms. The first-order chi connectivity index (χ1) is 14.2. The van der Waals surface area contributed by atoms with Crippen molar-refractivity contribution in [1.82, 2.24) is 9.97 Å². The number of ether oxygens (including phenoxy) is 2. The Hall–Kier alpha value is -3.49. The van der Waals surface area contributed by atoms with Crippen LogP contribution in [0.4, 0.5) is 0 Å². The zero-order chi connectivity index (χ0) is 21.9. The average Bonchev–Trinajstić information content (AvgIpc) is 3.47. The molecular weight excluding hydrogens is 386 g/mol. The molecule has 2 aromatic rings. The third-order valence-corrected chi connectivity index (χ3v) is 4.79. The van der Waals surface area contributed by atoms with Crippen LogP contribution >= 0.6 is 0 Å². The number of hydrogen-bond donors (Lipinski definition) is 3. The second-order valence-electron chi connectivity index (χ2n) is 7.61. The van der Waals surface area contributed by atoms with E-state index in [1.807, 2.05) is 6.92 Å². The minimum absolute atomic E-state index is 0.120. The summed E-state index contributed by atoms with van der Waals surface area (Å²) in [6, 6.07) is 5.07. The number of carboxylic acid groups (broad SMARTS) is 1. The minimum Gasteiger partial charge on any atom is -0.481 e. The first kappa shape index (κ1) is 21.2. The molecular formula is C21H25N5O4. The topological polar surface area (TPSA) is 144 Å². The number of nitrogens with zero attached hydrogens (tertiary/aromatic N) is 3. The first-order valence-corrected chi connectivity index (χ1v) is 9.59. The van der Waals surface area contributed by atoms with E-state index in [0.29, 0.717) is 30.0 Å². The molecule has 2 heterocycles. The Kier molecular flexibility index (Phi) is 6.00. The lowest BCUT2D eigenvalue weighted by molar-refractivity contribution is -0.144. The van der Waals surface area contributed by atoms with Crippen LogP contribution in [-0.4, -0.2) is 45.6 Å². The highest BCUT2D eigenvalue weighted by Crippen LogP contribution is 2.46. The van der Waals surface area contributed by atoms with Crippen molar-refractivity contribution >= 4 is 17.8 Å². The molecule has 1 saturated carbocycles. The van der Waals surface area contributed by atoms with Crippen LogP contribution in [0.15, 0.2) is 35.6 Å². The number of aliphatic imine (C=N–C) groups is 1. The van der Waals surface area contributed by atoms with Crippen LogP contribution in [0.3, 0.4) is 0 Å². The molecule has 0 saturated heterocycles. The van der Waals surface area contributed by atoms with Gasteiger partial charge in [-0.25, -0.2) is 10.4 Å². The second kappa shape index (κ2) is 8.48. The highest BCUT2D eigenvalue weighted by Gasteiger charge is 2.51. The number of amidine groups is 2. The number of aliphatic carboxylic acids is 1. The van der Waals surface area contributed by atoms with Gasteiger partial charge in [-0.15, -0.1) is 0 Å². The van der Waals surface area contributed by atoms with E-state index in [2.05, 4.69) is 15.0 Å². The normalized spacial score (nSPS) is 15.0. The molecule has 1 fully saturated rings. The molecule has 2 aromatic heterocycles. The van der Waals surface area contributed by atoms with Gasteiger partial charge in [-0.2, -0.15) is 4.99 Å². The Labute approximate surface area is 174 Å². The van der Waals surface area contributed by atoms with E-state index < -0.39 is 11.4 Å². The molecule has 9 heteroatoms. The minimum atomic E-state index is -0.825. The van der Waals surface area contributed by atoms with Crippen molar-refractivity contribution in [2.75, 3.05) is 6.61 Å². The summed E-state index contributed by atoms with van der Waals surface area (Å²) in [6.07, 6.45) is 4.33. The monoisotopic (exact) mass is 411 g/mol. The summed E-state index contributed by atoms with van der Waals surface area (Å²) in [4.78, 5) is 23.9. The summed E-state index contributed by atoms with van der Waals surface area (Å²) in [5, 5.41) is 16.9. The van der Waals surface area contributed by atoms with Crippen molar-refractivity contribution in [2.24, 2.45) is 16.1 Å². The molecule has 1 aliphatic carbocycles. The van der Waals surface area contributed by atoms with Crippen molar-refractivity contribution in [3.63, 3.8) is 0 Å². The van der Waals surface area contributed by atoms with E-state index in [1.165, 1.54) is 0 Å². The van der Waals surface area contributed by atoms with Gasteiger partial charge < -0.3 is 20.3 Å². The zero-order valence-electron chi connectivity index (χ0n) is 17.2. The molecule has 0 aliphatic heterocycles. The van der Waals surface area contributed by atoms with E-state index in [9.17, 15) is 9.90 Å². The predicted molar refractivity (Wildman–Crippen MR) is 112 cm³/mol.